The molecule has 4 nitrogen and oxygen atoms in total. The fourth-order valence-electron chi connectivity index (χ4n) is 6.56. The van der Waals surface area contributed by atoms with E-state index in [4.69, 9.17) is 9.47 Å². The number of carbonyl (C=O) groups excluding carboxylic acids is 1. The molecule has 6 rings (SSSR count). The number of methoxy groups -OCH3 is 2. The number of carbonyl (C=O) groups is 1. The number of nitrogens with one attached hydrogen (secondary N) is 1. The minimum absolute atomic E-state index is 0.174. The summed E-state index contributed by atoms with van der Waals surface area (Å²) < 4.78 is 10.6. The van der Waals surface area contributed by atoms with E-state index < -0.39 is 0 Å². The Kier molecular flexibility index (Phi) is 4.53. The van der Waals surface area contributed by atoms with E-state index in [9.17, 15) is 4.79 Å². The Morgan fingerprint density at radius 1 is 0.897 bits per heavy atom. The third-order valence-corrected chi connectivity index (χ3v) is 7.45. The minimum Gasteiger partial charge on any atom is -0.497 e. The lowest BCUT2D eigenvalue weighted by atomic mass is 9.48. The van der Waals surface area contributed by atoms with Crippen LogP contribution in [0.3, 0.4) is 0 Å². The Morgan fingerprint density at radius 2 is 1.52 bits per heavy atom. The molecule has 0 atom stereocenters. The molecule has 4 fully saturated rings. The van der Waals surface area contributed by atoms with Crippen LogP contribution in [0.1, 0.15) is 54.4 Å². The molecule has 0 unspecified atom stereocenters. The normalized spacial score (nSPS) is 29.5. The van der Waals surface area contributed by atoms with Crippen molar-refractivity contribution >= 4 is 11.6 Å². The van der Waals surface area contributed by atoms with Gasteiger partial charge in [-0.2, -0.15) is 0 Å². The first kappa shape index (κ1) is 18.5. The summed E-state index contributed by atoms with van der Waals surface area (Å²) in [5.74, 6) is 3.80. The summed E-state index contributed by atoms with van der Waals surface area (Å²) >= 11 is 0. The van der Waals surface area contributed by atoms with E-state index in [0.717, 1.165) is 23.4 Å². The highest BCUT2D eigenvalue weighted by atomic mass is 16.5. The second-order valence-corrected chi connectivity index (χ2v) is 9.30. The van der Waals surface area contributed by atoms with Crippen LogP contribution >= 0.6 is 0 Å². The average molecular weight is 392 g/mol. The van der Waals surface area contributed by atoms with Crippen LogP contribution in [0.2, 0.25) is 0 Å². The van der Waals surface area contributed by atoms with Crippen LogP contribution in [0.25, 0.3) is 0 Å². The number of amides is 1. The lowest BCUT2D eigenvalue weighted by Crippen LogP contribution is -2.48. The van der Waals surface area contributed by atoms with Crippen molar-refractivity contribution in [1.29, 1.82) is 0 Å². The SMILES string of the molecule is COc1ccc(C(=O)Nc2ccc(C34CC5CC(CC(C5)C3)C4)cc2)c(OC)c1. The maximum atomic E-state index is 12.8. The van der Waals surface area contributed by atoms with Crippen LogP contribution in [0.4, 0.5) is 5.69 Å². The summed E-state index contributed by atoms with van der Waals surface area (Å²) in [5.41, 5.74) is 3.17. The highest BCUT2D eigenvalue weighted by molar-refractivity contribution is 6.06. The van der Waals surface area contributed by atoms with Gasteiger partial charge in [0.15, 0.2) is 0 Å². The summed E-state index contributed by atoms with van der Waals surface area (Å²) in [6.45, 7) is 0. The maximum absolute atomic E-state index is 12.8. The molecule has 0 aliphatic heterocycles. The van der Waals surface area contributed by atoms with Gasteiger partial charge in [0, 0.05) is 11.8 Å². The van der Waals surface area contributed by atoms with Crippen LogP contribution in [-0.2, 0) is 5.41 Å². The van der Waals surface area contributed by atoms with Crippen LogP contribution in [0.5, 0.6) is 11.5 Å². The molecule has 2 aromatic carbocycles. The smallest absolute Gasteiger partial charge is 0.259 e. The van der Waals surface area contributed by atoms with Gasteiger partial charge in [0.2, 0.25) is 0 Å². The molecular formula is C25H29NO3. The van der Waals surface area contributed by atoms with E-state index in [2.05, 4.69) is 29.6 Å². The van der Waals surface area contributed by atoms with Gasteiger partial charge in [0.1, 0.15) is 11.5 Å². The summed E-state index contributed by atoms with van der Waals surface area (Å²) in [7, 11) is 3.16. The van der Waals surface area contributed by atoms with Gasteiger partial charge in [0.25, 0.3) is 5.91 Å². The fourth-order valence-corrected chi connectivity index (χ4v) is 6.56. The van der Waals surface area contributed by atoms with Crippen molar-refractivity contribution < 1.29 is 14.3 Å². The van der Waals surface area contributed by atoms with Crippen LogP contribution < -0.4 is 14.8 Å². The topological polar surface area (TPSA) is 47.6 Å². The van der Waals surface area contributed by atoms with Crippen molar-refractivity contribution in [3.63, 3.8) is 0 Å². The van der Waals surface area contributed by atoms with Crippen molar-refractivity contribution in [2.24, 2.45) is 17.8 Å². The molecule has 4 heteroatoms. The lowest BCUT2D eigenvalue weighted by Gasteiger charge is -2.57. The van der Waals surface area contributed by atoms with Gasteiger partial charge in [0.05, 0.1) is 19.8 Å². The van der Waals surface area contributed by atoms with E-state index in [1.54, 1.807) is 32.4 Å². The molecular weight excluding hydrogens is 362 g/mol. The molecule has 4 aliphatic carbocycles. The molecule has 1 amide bonds. The Bertz CT molecular complexity index is 883. The van der Waals surface area contributed by atoms with Gasteiger partial charge in [-0.1, -0.05) is 12.1 Å². The maximum Gasteiger partial charge on any atom is 0.259 e. The van der Waals surface area contributed by atoms with Crippen molar-refractivity contribution in [3.05, 3.63) is 53.6 Å². The highest BCUT2D eigenvalue weighted by Gasteiger charge is 2.51. The van der Waals surface area contributed by atoms with Crippen molar-refractivity contribution in [2.45, 2.75) is 43.9 Å². The standard InChI is InChI=1S/C25H29NO3/c1-28-21-7-8-22(23(12-21)29-2)24(27)26-20-5-3-19(4-6-20)25-13-16-9-17(14-25)11-18(10-16)15-25/h3-8,12,16-18H,9-11,13-15H2,1-2H3,(H,26,27). The Labute approximate surface area is 172 Å². The predicted molar refractivity (Wildman–Crippen MR) is 114 cm³/mol. The first-order valence-corrected chi connectivity index (χ1v) is 10.7. The van der Waals surface area contributed by atoms with Gasteiger partial charge >= 0.3 is 0 Å². The van der Waals surface area contributed by atoms with E-state index >= 15 is 0 Å². The van der Waals surface area contributed by atoms with E-state index in [0.29, 0.717) is 22.5 Å². The summed E-state index contributed by atoms with van der Waals surface area (Å²) in [5, 5.41) is 3.01. The number of rotatable bonds is 5. The van der Waals surface area contributed by atoms with Crippen LogP contribution in [0, 0.1) is 17.8 Å². The van der Waals surface area contributed by atoms with E-state index in [1.807, 2.05) is 0 Å². The lowest BCUT2D eigenvalue weighted by molar-refractivity contribution is -0.00518. The second-order valence-electron chi connectivity index (χ2n) is 9.30. The largest absolute Gasteiger partial charge is 0.497 e. The first-order chi connectivity index (χ1) is 14.1. The van der Waals surface area contributed by atoms with Gasteiger partial charge in [-0.25, -0.2) is 0 Å². The molecule has 1 N–H and O–H groups in total. The predicted octanol–water partition coefficient (Wildman–Crippen LogP) is 5.42. The molecule has 0 aromatic heterocycles. The monoisotopic (exact) mass is 391 g/mol. The number of hydrogen-bond donors (Lipinski definition) is 1. The highest BCUT2D eigenvalue weighted by Crippen LogP contribution is 2.60. The number of benzene rings is 2. The number of hydrogen-bond acceptors (Lipinski definition) is 3. The summed E-state index contributed by atoms with van der Waals surface area (Å²) in [6, 6.07) is 13.8. The second kappa shape index (κ2) is 7.08. The fraction of sp³-hybridized carbons (Fsp3) is 0.480. The third-order valence-electron chi connectivity index (χ3n) is 7.45. The van der Waals surface area contributed by atoms with E-state index in [-0.39, 0.29) is 5.91 Å². The zero-order chi connectivity index (χ0) is 20.0. The van der Waals surface area contributed by atoms with Crippen molar-refractivity contribution in [1.82, 2.24) is 0 Å². The first-order valence-electron chi connectivity index (χ1n) is 10.7. The quantitative estimate of drug-likeness (QED) is 0.740. The molecule has 0 saturated heterocycles. The van der Waals surface area contributed by atoms with Crippen molar-refractivity contribution in [2.75, 3.05) is 19.5 Å². The summed E-state index contributed by atoms with van der Waals surface area (Å²) in [6.07, 6.45) is 8.43. The summed E-state index contributed by atoms with van der Waals surface area (Å²) in [4.78, 5) is 12.8. The van der Waals surface area contributed by atoms with Crippen molar-refractivity contribution in [3.8, 4) is 11.5 Å². The molecule has 0 heterocycles. The van der Waals surface area contributed by atoms with Gasteiger partial charge in [-0.3, -0.25) is 4.79 Å². The Morgan fingerprint density at radius 3 is 2.07 bits per heavy atom. The molecule has 152 valence electrons. The van der Waals surface area contributed by atoms with Gasteiger partial charge in [-0.05, 0) is 91.5 Å². The third kappa shape index (κ3) is 3.29. The van der Waals surface area contributed by atoms with Crippen LogP contribution in [-0.4, -0.2) is 20.1 Å². The zero-order valence-electron chi connectivity index (χ0n) is 17.2. The molecule has 4 aliphatic rings. The Balaban J connectivity index is 1.33. The molecule has 4 saturated carbocycles. The molecule has 29 heavy (non-hydrogen) atoms. The van der Waals surface area contributed by atoms with Gasteiger partial charge < -0.3 is 14.8 Å². The van der Waals surface area contributed by atoms with E-state index in [1.165, 1.54) is 44.1 Å². The molecule has 0 radical (unpaired) electrons. The number of anilines is 1. The molecule has 4 bridgehead atoms. The minimum atomic E-state index is -0.174. The average Bonchev–Trinajstić information content (AvgIpc) is 2.72. The Hall–Kier alpha value is -2.49. The number of ether oxygens (including phenoxy) is 2. The van der Waals surface area contributed by atoms with Crippen LogP contribution in [0.15, 0.2) is 42.5 Å². The molecule has 2 aromatic rings. The zero-order valence-corrected chi connectivity index (χ0v) is 17.2. The van der Waals surface area contributed by atoms with Gasteiger partial charge in [-0.15, -0.1) is 0 Å². The molecule has 0 spiro atoms.